The number of benzene rings is 1. The molecule has 2 aromatic rings. The van der Waals surface area contributed by atoms with Gasteiger partial charge in [0.15, 0.2) is 5.69 Å². The van der Waals surface area contributed by atoms with Gasteiger partial charge in [-0.25, -0.2) is 0 Å². The number of carbonyl (C=O) groups is 2. The van der Waals surface area contributed by atoms with E-state index in [1.54, 1.807) is 13.2 Å². The van der Waals surface area contributed by atoms with E-state index in [9.17, 15) is 9.59 Å². The number of aryl methyl sites for hydroxylation is 1. The number of carbonyl (C=O) groups excluding carboxylic acids is 2. The van der Waals surface area contributed by atoms with Gasteiger partial charge in [-0.2, -0.15) is 5.10 Å². The van der Waals surface area contributed by atoms with Gasteiger partial charge in [-0.1, -0.05) is 24.3 Å². The van der Waals surface area contributed by atoms with Crippen molar-refractivity contribution in [3.8, 4) is 0 Å². The predicted molar refractivity (Wildman–Crippen MR) is 96.7 cm³/mol. The van der Waals surface area contributed by atoms with Crippen LogP contribution in [0.4, 0.5) is 0 Å². The second-order valence-electron chi connectivity index (χ2n) is 6.41. The molecule has 1 aromatic heterocycles. The highest BCUT2D eigenvalue weighted by Gasteiger charge is 2.24. The highest BCUT2D eigenvalue weighted by Crippen LogP contribution is 2.16. The van der Waals surface area contributed by atoms with Crippen molar-refractivity contribution in [2.45, 2.75) is 26.4 Å². The third-order valence-electron chi connectivity index (χ3n) is 4.58. The molecule has 0 atom stereocenters. The van der Waals surface area contributed by atoms with Crippen LogP contribution in [0.15, 0.2) is 30.3 Å². The van der Waals surface area contributed by atoms with Crippen LogP contribution >= 0.6 is 0 Å². The number of hydrogen-bond donors (Lipinski definition) is 1. The molecule has 7 nitrogen and oxygen atoms in total. The summed E-state index contributed by atoms with van der Waals surface area (Å²) in [6.45, 7) is 4.59. The van der Waals surface area contributed by atoms with Crippen molar-refractivity contribution in [3.05, 3.63) is 52.8 Å². The number of aromatic nitrogens is 2. The van der Waals surface area contributed by atoms with Crippen molar-refractivity contribution >= 4 is 11.8 Å². The lowest BCUT2D eigenvalue weighted by molar-refractivity contribution is -0.132. The SMILES string of the molecule is COCCNC(=O)c1cc2n(n1)CCN(C(=O)Cc1ccccc1C)C2. The highest BCUT2D eigenvalue weighted by molar-refractivity contribution is 5.92. The van der Waals surface area contributed by atoms with E-state index in [0.717, 1.165) is 16.8 Å². The van der Waals surface area contributed by atoms with Gasteiger partial charge in [0.25, 0.3) is 5.91 Å². The third kappa shape index (κ3) is 4.11. The van der Waals surface area contributed by atoms with Gasteiger partial charge in [0, 0.05) is 20.2 Å². The van der Waals surface area contributed by atoms with E-state index in [0.29, 0.717) is 44.9 Å². The van der Waals surface area contributed by atoms with Crippen LogP contribution in [-0.2, 0) is 29.0 Å². The summed E-state index contributed by atoms with van der Waals surface area (Å²) in [5, 5.41) is 7.11. The first-order valence-electron chi connectivity index (χ1n) is 8.74. The molecule has 7 heteroatoms. The fourth-order valence-electron chi connectivity index (χ4n) is 3.03. The average molecular weight is 356 g/mol. The molecule has 0 spiro atoms. The van der Waals surface area contributed by atoms with Gasteiger partial charge in [0.1, 0.15) is 0 Å². The Kier molecular flexibility index (Phi) is 5.68. The molecule has 1 N–H and O–H groups in total. The van der Waals surface area contributed by atoms with Crippen molar-refractivity contribution in [1.29, 1.82) is 0 Å². The maximum Gasteiger partial charge on any atom is 0.271 e. The number of methoxy groups -OCH3 is 1. The molecule has 0 aliphatic carbocycles. The molecule has 1 aromatic carbocycles. The van der Waals surface area contributed by atoms with E-state index in [-0.39, 0.29) is 11.8 Å². The van der Waals surface area contributed by atoms with E-state index >= 15 is 0 Å². The van der Waals surface area contributed by atoms with Crippen LogP contribution in [0.3, 0.4) is 0 Å². The topological polar surface area (TPSA) is 76.5 Å². The Morgan fingerprint density at radius 3 is 2.85 bits per heavy atom. The van der Waals surface area contributed by atoms with Crippen LogP contribution in [0.1, 0.15) is 27.3 Å². The Bertz CT molecular complexity index is 800. The van der Waals surface area contributed by atoms with Gasteiger partial charge >= 0.3 is 0 Å². The molecule has 138 valence electrons. The third-order valence-corrected chi connectivity index (χ3v) is 4.58. The molecule has 0 saturated heterocycles. The zero-order chi connectivity index (χ0) is 18.5. The van der Waals surface area contributed by atoms with Crippen molar-refractivity contribution in [2.24, 2.45) is 0 Å². The lowest BCUT2D eigenvalue weighted by Gasteiger charge is -2.28. The molecular weight excluding hydrogens is 332 g/mol. The monoisotopic (exact) mass is 356 g/mol. The average Bonchev–Trinajstić information content (AvgIpc) is 3.07. The molecule has 0 saturated carbocycles. The van der Waals surface area contributed by atoms with Crippen molar-refractivity contribution in [3.63, 3.8) is 0 Å². The van der Waals surface area contributed by atoms with Crippen molar-refractivity contribution in [2.75, 3.05) is 26.8 Å². The number of nitrogens with one attached hydrogen (secondary N) is 1. The number of amides is 2. The molecule has 0 bridgehead atoms. The standard InChI is InChI=1S/C19H24N4O3/c1-14-5-3-4-6-15(14)11-18(24)22-8-9-23-16(13-22)12-17(21-23)19(25)20-7-10-26-2/h3-6,12H,7-11,13H2,1-2H3,(H,20,25). The van der Waals surface area contributed by atoms with Crippen LogP contribution in [0.25, 0.3) is 0 Å². The summed E-state index contributed by atoms with van der Waals surface area (Å²) in [4.78, 5) is 26.6. The summed E-state index contributed by atoms with van der Waals surface area (Å²) in [6.07, 6.45) is 0.394. The molecule has 26 heavy (non-hydrogen) atoms. The summed E-state index contributed by atoms with van der Waals surface area (Å²) in [5.41, 5.74) is 3.43. The number of hydrogen-bond acceptors (Lipinski definition) is 4. The molecule has 1 aliphatic heterocycles. The molecule has 0 radical (unpaired) electrons. The number of fused-ring (bicyclic) bond motifs is 1. The Hall–Kier alpha value is -2.67. The lowest BCUT2D eigenvalue weighted by atomic mass is 10.1. The zero-order valence-corrected chi connectivity index (χ0v) is 15.2. The van der Waals surface area contributed by atoms with E-state index < -0.39 is 0 Å². The summed E-state index contributed by atoms with van der Waals surface area (Å²) in [6, 6.07) is 9.69. The van der Waals surface area contributed by atoms with E-state index in [4.69, 9.17) is 4.74 Å². The van der Waals surface area contributed by atoms with Crippen LogP contribution < -0.4 is 5.32 Å². The van der Waals surface area contributed by atoms with Crippen LogP contribution in [0.5, 0.6) is 0 Å². The van der Waals surface area contributed by atoms with Gasteiger partial charge in [-0.05, 0) is 24.1 Å². The molecule has 1 aliphatic rings. The zero-order valence-electron chi connectivity index (χ0n) is 15.2. The van der Waals surface area contributed by atoms with Crippen LogP contribution in [0.2, 0.25) is 0 Å². The van der Waals surface area contributed by atoms with Gasteiger partial charge in [-0.15, -0.1) is 0 Å². The molecule has 2 heterocycles. The second kappa shape index (κ2) is 8.14. The number of rotatable bonds is 6. The Morgan fingerprint density at radius 1 is 1.27 bits per heavy atom. The van der Waals surface area contributed by atoms with Gasteiger partial charge in [-0.3, -0.25) is 14.3 Å². The molecule has 0 unspecified atom stereocenters. The van der Waals surface area contributed by atoms with E-state index in [1.165, 1.54) is 0 Å². The summed E-state index contributed by atoms with van der Waals surface area (Å²) in [5.74, 6) is -0.125. The fraction of sp³-hybridized carbons (Fsp3) is 0.421. The predicted octanol–water partition coefficient (Wildman–Crippen LogP) is 1.15. The molecule has 2 amide bonds. The van der Waals surface area contributed by atoms with E-state index in [1.807, 2.05) is 40.8 Å². The summed E-state index contributed by atoms with van der Waals surface area (Å²) < 4.78 is 6.73. The Balaban J connectivity index is 1.63. The first kappa shape index (κ1) is 18.1. The smallest absolute Gasteiger partial charge is 0.271 e. The minimum Gasteiger partial charge on any atom is -0.383 e. The molecule has 0 fully saturated rings. The van der Waals surface area contributed by atoms with Crippen molar-refractivity contribution < 1.29 is 14.3 Å². The summed E-state index contributed by atoms with van der Waals surface area (Å²) >= 11 is 0. The Labute approximate surface area is 152 Å². The first-order valence-corrected chi connectivity index (χ1v) is 8.74. The van der Waals surface area contributed by atoms with Crippen molar-refractivity contribution in [1.82, 2.24) is 20.0 Å². The largest absolute Gasteiger partial charge is 0.383 e. The quantitative estimate of drug-likeness (QED) is 0.788. The van der Waals surface area contributed by atoms with Gasteiger partial charge in [0.2, 0.25) is 5.91 Å². The maximum atomic E-state index is 12.6. The van der Waals surface area contributed by atoms with Gasteiger partial charge < -0.3 is 15.0 Å². The minimum atomic E-state index is -0.221. The van der Waals surface area contributed by atoms with Crippen LogP contribution in [0, 0.1) is 6.92 Å². The summed E-state index contributed by atoms with van der Waals surface area (Å²) in [7, 11) is 1.59. The molecule has 3 rings (SSSR count). The second-order valence-corrected chi connectivity index (χ2v) is 6.41. The minimum absolute atomic E-state index is 0.0952. The van der Waals surface area contributed by atoms with Crippen LogP contribution in [-0.4, -0.2) is 53.3 Å². The molecular formula is C19H24N4O3. The first-order chi connectivity index (χ1) is 12.6. The number of nitrogens with zero attached hydrogens (tertiary/aromatic N) is 3. The van der Waals surface area contributed by atoms with E-state index in [2.05, 4.69) is 10.4 Å². The Morgan fingerprint density at radius 2 is 2.08 bits per heavy atom. The highest BCUT2D eigenvalue weighted by atomic mass is 16.5. The lowest BCUT2D eigenvalue weighted by Crippen LogP contribution is -2.39. The number of ether oxygens (including phenoxy) is 1. The van der Waals surface area contributed by atoms with Gasteiger partial charge in [0.05, 0.1) is 31.8 Å². The normalized spacial score (nSPS) is 13.4. The fourth-order valence-corrected chi connectivity index (χ4v) is 3.03. The maximum absolute atomic E-state index is 12.6.